The zero-order valence-electron chi connectivity index (χ0n) is 7.67. The first-order valence-electron chi connectivity index (χ1n) is 4.00. The van der Waals surface area contributed by atoms with Gasteiger partial charge in [-0.15, -0.1) is 0 Å². The molecule has 0 spiro atoms. The summed E-state index contributed by atoms with van der Waals surface area (Å²) in [6, 6.07) is 0. The summed E-state index contributed by atoms with van der Waals surface area (Å²) in [6.45, 7) is 10.0. The molecule has 1 nitrogen and oxygen atoms in total. The largest absolute Gasteiger partial charge is 0.269 e. The number of hydrogen-bond donors (Lipinski definition) is 0. The molecule has 0 saturated heterocycles. The van der Waals surface area contributed by atoms with Crippen molar-refractivity contribution < 1.29 is 0 Å². The molecule has 11 heavy (non-hydrogen) atoms. The van der Waals surface area contributed by atoms with E-state index in [9.17, 15) is 0 Å². The molecule has 0 aliphatic rings. The highest BCUT2D eigenvalue weighted by Crippen LogP contribution is 2.10. The third-order valence-corrected chi connectivity index (χ3v) is 1.30. The van der Waals surface area contributed by atoms with Crippen LogP contribution in [0.3, 0.4) is 0 Å². The fourth-order valence-corrected chi connectivity index (χ4v) is 0.830. The van der Waals surface area contributed by atoms with Crippen LogP contribution in [0.15, 0.2) is 29.4 Å². The summed E-state index contributed by atoms with van der Waals surface area (Å²) in [5.41, 5.74) is 1.21. The fraction of sp³-hybridized carbons (Fsp3) is 0.500. The van der Waals surface area contributed by atoms with Crippen LogP contribution in [0.4, 0.5) is 0 Å². The number of hydrogen-bond acceptors (Lipinski definition) is 1. The smallest absolute Gasteiger partial charge is 0.0295 e. The summed E-state index contributed by atoms with van der Waals surface area (Å²) in [4.78, 5) is 4.04. The molecule has 0 rings (SSSR count). The van der Waals surface area contributed by atoms with Crippen molar-refractivity contribution in [3.63, 3.8) is 0 Å². The maximum atomic E-state index is 4.04. The second kappa shape index (κ2) is 5.90. The lowest BCUT2D eigenvalue weighted by Crippen LogP contribution is -1.88. The van der Waals surface area contributed by atoms with Gasteiger partial charge in [-0.25, -0.2) is 0 Å². The lowest BCUT2D eigenvalue weighted by atomic mass is 10.0. The molecule has 0 aliphatic carbocycles. The highest BCUT2D eigenvalue weighted by atomic mass is 14.7. The second-order valence-corrected chi connectivity index (χ2v) is 2.91. The molecule has 0 amide bonds. The molecular weight excluding hydrogens is 134 g/mol. The second-order valence-electron chi connectivity index (χ2n) is 2.91. The molecule has 0 aliphatic heterocycles. The standard InChI is InChI=1S/C10H17N/c1-5-10(7-9(3)4)8-11-6-2/h5-6,8-9H,1,7H2,2-4H3/b10-8-,11-6?. The van der Waals surface area contributed by atoms with Crippen LogP contribution in [-0.2, 0) is 0 Å². The predicted octanol–water partition coefficient (Wildman–Crippen LogP) is 3.19. The first kappa shape index (κ1) is 10.2. The van der Waals surface area contributed by atoms with E-state index >= 15 is 0 Å². The quantitative estimate of drug-likeness (QED) is 0.432. The third-order valence-electron chi connectivity index (χ3n) is 1.30. The molecule has 0 saturated carbocycles. The van der Waals surface area contributed by atoms with Gasteiger partial charge in [-0.1, -0.05) is 26.5 Å². The molecule has 0 atom stereocenters. The van der Waals surface area contributed by atoms with Gasteiger partial charge in [0.05, 0.1) is 0 Å². The zero-order valence-corrected chi connectivity index (χ0v) is 7.67. The molecule has 62 valence electrons. The highest BCUT2D eigenvalue weighted by Gasteiger charge is 1.95. The minimum atomic E-state index is 0.673. The molecular formula is C10H17N. The van der Waals surface area contributed by atoms with E-state index in [1.807, 2.05) is 19.2 Å². The van der Waals surface area contributed by atoms with Gasteiger partial charge in [0.25, 0.3) is 0 Å². The van der Waals surface area contributed by atoms with Crippen molar-refractivity contribution in [2.45, 2.75) is 27.2 Å². The zero-order chi connectivity index (χ0) is 8.69. The van der Waals surface area contributed by atoms with Crippen LogP contribution in [-0.4, -0.2) is 6.21 Å². The van der Waals surface area contributed by atoms with Crippen molar-refractivity contribution in [2.75, 3.05) is 0 Å². The molecule has 0 aromatic rings. The van der Waals surface area contributed by atoms with Gasteiger partial charge in [-0.05, 0) is 24.8 Å². The Morgan fingerprint density at radius 1 is 1.55 bits per heavy atom. The molecule has 0 fully saturated rings. The molecule has 0 radical (unpaired) electrons. The van der Waals surface area contributed by atoms with E-state index in [1.165, 1.54) is 5.57 Å². The summed E-state index contributed by atoms with van der Waals surface area (Å²) in [5, 5.41) is 0. The van der Waals surface area contributed by atoms with Gasteiger partial charge in [-0.3, -0.25) is 4.99 Å². The van der Waals surface area contributed by atoms with Crippen LogP contribution in [0.2, 0.25) is 0 Å². The van der Waals surface area contributed by atoms with Crippen LogP contribution in [0, 0.1) is 5.92 Å². The van der Waals surface area contributed by atoms with Crippen LogP contribution in [0.1, 0.15) is 27.2 Å². The molecule has 0 aromatic carbocycles. The lowest BCUT2D eigenvalue weighted by Gasteiger charge is -2.02. The molecule has 0 aromatic heterocycles. The van der Waals surface area contributed by atoms with Crippen LogP contribution < -0.4 is 0 Å². The minimum Gasteiger partial charge on any atom is -0.269 e. The SMILES string of the molecule is C=C/C(=C/N=CC)CC(C)C. The van der Waals surface area contributed by atoms with Crippen LogP contribution >= 0.6 is 0 Å². The minimum absolute atomic E-state index is 0.673. The third kappa shape index (κ3) is 5.59. The van der Waals surface area contributed by atoms with E-state index in [4.69, 9.17) is 0 Å². The average molecular weight is 151 g/mol. The monoisotopic (exact) mass is 151 g/mol. The van der Waals surface area contributed by atoms with Gasteiger partial charge in [0, 0.05) is 12.4 Å². The van der Waals surface area contributed by atoms with E-state index < -0.39 is 0 Å². The van der Waals surface area contributed by atoms with Crippen molar-refractivity contribution >= 4 is 6.21 Å². The summed E-state index contributed by atoms with van der Waals surface area (Å²) < 4.78 is 0. The molecule has 0 N–H and O–H groups in total. The molecule has 1 heteroatoms. The van der Waals surface area contributed by atoms with Crippen molar-refractivity contribution in [3.8, 4) is 0 Å². The van der Waals surface area contributed by atoms with Crippen molar-refractivity contribution in [1.82, 2.24) is 0 Å². The fourth-order valence-electron chi connectivity index (χ4n) is 0.830. The van der Waals surface area contributed by atoms with E-state index in [-0.39, 0.29) is 0 Å². The number of rotatable bonds is 4. The van der Waals surface area contributed by atoms with Gasteiger partial charge >= 0.3 is 0 Å². The predicted molar refractivity (Wildman–Crippen MR) is 51.9 cm³/mol. The van der Waals surface area contributed by atoms with E-state index in [1.54, 1.807) is 6.21 Å². The highest BCUT2D eigenvalue weighted by molar-refractivity contribution is 5.54. The maximum Gasteiger partial charge on any atom is 0.0295 e. The Morgan fingerprint density at radius 2 is 2.18 bits per heavy atom. The van der Waals surface area contributed by atoms with Crippen molar-refractivity contribution in [2.24, 2.45) is 10.9 Å². The summed E-state index contributed by atoms with van der Waals surface area (Å²) in [5.74, 6) is 0.673. The molecule has 0 bridgehead atoms. The Kier molecular flexibility index (Phi) is 5.44. The van der Waals surface area contributed by atoms with Gasteiger partial charge in [0.15, 0.2) is 0 Å². The Morgan fingerprint density at radius 3 is 2.55 bits per heavy atom. The van der Waals surface area contributed by atoms with Crippen LogP contribution in [0.5, 0.6) is 0 Å². The number of allylic oxidation sites excluding steroid dienone is 2. The number of nitrogens with zero attached hydrogens (tertiary/aromatic N) is 1. The summed E-state index contributed by atoms with van der Waals surface area (Å²) in [7, 11) is 0. The Bertz CT molecular complexity index is 164. The van der Waals surface area contributed by atoms with Gasteiger partial charge in [-0.2, -0.15) is 0 Å². The topological polar surface area (TPSA) is 12.4 Å². The van der Waals surface area contributed by atoms with E-state index in [2.05, 4.69) is 25.4 Å². The Labute approximate surface area is 69.5 Å². The van der Waals surface area contributed by atoms with Gasteiger partial charge in [0.1, 0.15) is 0 Å². The van der Waals surface area contributed by atoms with Crippen LogP contribution in [0.25, 0.3) is 0 Å². The Balaban J connectivity index is 4.04. The average Bonchev–Trinajstić information content (AvgIpc) is 1.97. The number of aliphatic imine (C=N–C) groups is 1. The molecule has 0 heterocycles. The lowest BCUT2D eigenvalue weighted by molar-refractivity contribution is 0.649. The van der Waals surface area contributed by atoms with Crippen molar-refractivity contribution in [1.29, 1.82) is 0 Å². The maximum absolute atomic E-state index is 4.04. The summed E-state index contributed by atoms with van der Waals surface area (Å²) in [6.07, 6.45) is 6.57. The first-order chi connectivity index (χ1) is 5.20. The first-order valence-corrected chi connectivity index (χ1v) is 4.00. The molecule has 0 unspecified atom stereocenters. The van der Waals surface area contributed by atoms with Crippen molar-refractivity contribution in [3.05, 3.63) is 24.4 Å². The Hall–Kier alpha value is -0.850. The van der Waals surface area contributed by atoms with Gasteiger partial charge in [0.2, 0.25) is 0 Å². The van der Waals surface area contributed by atoms with E-state index in [0.29, 0.717) is 5.92 Å². The van der Waals surface area contributed by atoms with E-state index in [0.717, 1.165) is 6.42 Å². The van der Waals surface area contributed by atoms with Gasteiger partial charge < -0.3 is 0 Å². The summed E-state index contributed by atoms with van der Waals surface area (Å²) >= 11 is 0. The normalized spacial score (nSPS) is 12.9.